The molecule has 2 aromatic rings. The number of hydrogen-bond donors (Lipinski definition) is 1. The van der Waals surface area contributed by atoms with Crippen LogP contribution in [0.15, 0.2) is 21.1 Å². The Morgan fingerprint density at radius 1 is 1.35 bits per heavy atom. The maximum atomic E-state index is 5.32. The van der Waals surface area contributed by atoms with Crippen LogP contribution in [0.5, 0.6) is 5.75 Å². The van der Waals surface area contributed by atoms with Gasteiger partial charge < -0.3 is 10.1 Å². The second kappa shape index (κ2) is 5.79. The van der Waals surface area contributed by atoms with Gasteiger partial charge in [0.2, 0.25) is 0 Å². The highest BCUT2D eigenvalue weighted by Gasteiger charge is 2.22. The van der Waals surface area contributed by atoms with Crippen LogP contribution < -0.4 is 10.1 Å². The standard InChI is InChI=1S/C12H13Br2N5O/c1-20-11-5-10(8(13)4-9(11)14)19-12(16-17-18-19)6-15-7-2-3-7/h4-5,7,15H,2-3,6H2,1H3. The first-order valence-corrected chi connectivity index (χ1v) is 7.81. The minimum absolute atomic E-state index is 0.614. The molecule has 20 heavy (non-hydrogen) atoms. The van der Waals surface area contributed by atoms with E-state index in [2.05, 4.69) is 52.7 Å². The number of benzene rings is 1. The number of hydrogen-bond acceptors (Lipinski definition) is 5. The highest BCUT2D eigenvalue weighted by Crippen LogP contribution is 2.33. The molecule has 0 spiro atoms. The summed E-state index contributed by atoms with van der Waals surface area (Å²) in [6.07, 6.45) is 2.47. The van der Waals surface area contributed by atoms with Crippen molar-refractivity contribution in [3.63, 3.8) is 0 Å². The predicted octanol–water partition coefficient (Wildman–Crippen LogP) is 2.45. The molecule has 0 saturated heterocycles. The van der Waals surface area contributed by atoms with Crippen molar-refractivity contribution in [3.8, 4) is 11.4 Å². The monoisotopic (exact) mass is 401 g/mol. The summed E-state index contributed by atoms with van der Waals surface area (Å²) in [7, 11) is 1.63. The van der Waals surface area contributed by atoms with Crippen LogP contribution in [0.3, 0.4) is 0 Å². The lowest BCUT2D eigenvalue weighted by Crippen LogP contribution is -2.19. The first-order valence-electron chi connectivity index (χ1n) is 6.23. The molecule has 1 aliphatic rings. The summed E-state index contributed by atoms with van der Waals surface area (Å²) in [4.78, 5) is 0. The summed E-state index contributed by atoms with van der Waals surface area (Å²) in [6.45, 7) is 0.655. The van der Waals surface area contributed by atoms with Crippen molar-refractivity contribution in [2.24, 2.45) is 0 Å². The number of nitrogens with zero attached hydrogens (tertiary/aromatic N) is 4. The molecule has 0 radical (unpaired) electrons. The maximum absolute atomic E-state index is 5.32. The number of tetrazole rings is 1. The van der Waals surface area contributed by atoms with Crippen LogP contribution in [-0.4, -0.2) is 33.4 Å². The van der Waals surface area contributed by atoms with Gasteiger partial charge in [-0.3, -0.25) is 0 Å². The number of aromatic nitrogens is 4. The fourth-order valence-corrected chi connectivity index (χ4v) is 3.19. The third-order valence-electron chi connectivity index (χ3n) is 3.11. The number of rotatable bonds is 5. The summed E-state index contributed by atoms with van der Waals surface area (Å²) in [5, 5.41) is 15.3. The average molecular weight is 403 g/mol. The van der Waals surface area contributed by atoms with Crippen molar-refractivity contribution >= 4 is 31.9 Å². The zero-order valence-corrected chi connectivity index (χ0v) is 14.0. The van der Waals surface area contributed by atoms with Gasteiger partial charge in [0.15, 0.2) is 5.82 Å². The largest absolute Gasteiger partial charge is 0.495 e. The Morgan fingerprint density at radius 3 is 2.85 bits per heavy atom. The fraction of sp³-hybridized carbons (Fsp3) is 0.417. The number of ether oxygens (including phenoxy) is 1. The molecule has 0 unspecified atom stereocenters. The molecule has 8 heteroatoms. The van der Waals surface area contributed by atoms with Gasteiger partial charge in [-0.2, -0.15) is 4.68 Å². The molecule has 1 N–H and O–H groups in total. The molecule has 0 bridgehead atoms. The van der Waals surface area contributed by atoms with Crippen LogP contribution in [0.2, 0.25) is 0 Å². The normalized spacial score (nSPS) is 14.6. The van der Waals surface area contributed by atoms with E-state index in [-0.39, 0.29) is 0 Å². The van der Waals surface area contributed by atoms with E-state index in [1.165, 1.54) is 12.8 Å². The van der Waals surface area contributed by atoms with Gasteiger partial charge in [0, 0.05) is 16.6 Å². The number of methoxy groups -OCH3 is 1. The molecule has 0 amide bonds. The van der Waals surface area contributed by atoms with Gasteiger partial charge >= 0.3 is 0 Å². The lowest BCUT2D eigenvalue weighted by Gasteiger charge is -2.10. The highest BCUT2D eigenvalue weighted by atomic mass is 79.9. The first-order chi connectivity index (χ1) is 9.69. The SMILES string of the molecule is COc1cc(-n2nnnc2CNC2CC2)c(Br)cc1Br. The molecule has 0 atom stereocenters. The Bertz CT molecular complexity index is 626. The summed E-state index contributed by atoms with van der Waals surface area (Å²) >= 11 is 6.99. The molecule has 1 aromatic heterocycles. The lowest BCUT2D eigenvalue weighted by molar-refractivity contribution is 0.411. The predicted molar refractivity (Wildman–Crippen MR) is 81.0 cm³/mol. The summed E-state index contributed by atoms with van der Waals surface area (Å²) in [5.74, 6) is 1.52. The minimum atomic E-state index is 0.614. The molecule has 1 aromatic carbocycles. The van der Waals surface area contributed by atoms with E-state index in [0.717, 1.165) is 26.2 Å². The molecule has 3 rings (SSSR count). The number of nitrogens with one attached hydrogen (secondary N) is 1. The third kappa shape index (κ3) is 2.87. The molecule has 1 fully saturated rings. The average Bonchev–Trinajstić information content (AvgIpc) is 3.15. The lowest BCUT2D eigenvalue weighted by atomic mass is 10.3. The van der Waals surface area contributed by atoms with Crippen LogP contribution in [0.4, 0.5) is 0 Å². The van der Waals surface area contributed by atoms with Gasteiger partial charge in [0.05, 0.1) is 23.8 Å². The van der Waals surface area contributed by atoms with E-state index < -0.39 is 0 Å². The van der Waals surface area contributed by atoms with Gasteiger partial charge in [-0.05, 0) is 61.2 Å². The Hall–Kier alpha value is -0.990. The van der Waals surface area contributed by atoms with Gasteiger partial charge in [-0.15, -0.1) is 5.10 Å². The van der Waals surface area contributed by atoms with Crippen molar-refractivity contribution in [3.05, 3.63) is 26.9 Å². The Labute approximate surface area is 133 Å². The Balaban J connectivity index is 1.93. The van der Waals surface area contributed by atoms with Crippen LogP contribution >= 0.6 is 31.9 Å². The van der Waals surface area contributed by atoms with Crippen molar-refractivity contribution in [2.45, 2.75) is 25.4 Å². The van der Waals surface area contributed by atoms with E-state index >= 15 is 0 Å². The third-order valence-corrected chi connectivity index (χ3v) is 4.36. The molecular weight excluding hydrogens is 390 g/mol. The van der Waals surface area contributed by atoms with Crippen LogP contribution in [0.25, 0.3) is 5.69 Å². The smallest absolute Gasteiger partial charge is 0.170 e. The van der Waals surface area contributed by atoms with Crippen LogP contribution in [0, 0.1) is 0 Å². The van der Waals surface area contributed by atoms with E-state index in [1.54, 1.807) is 11.8 Å². The van der Waals surface area contributed by atoms with E-state index in [1.807, 2.05) is 12.1 Å². The van der Waals surface area contributed by atoms with E-state index in [4.69, 9.17) is 4.74 Å². The van der Waals surface area contributed by atoms with E-state index in [9.17, 15) is 0 Å². The van der Waals surface area contributed by atoms with Crippen molar-refractivity contribution in [1.82, 2.24) is 25.5 Å². The molecule has 6 nitrogen and oxygen atoms in total. The quantitative estimate of drug-likeness (QED) is 0.832. The first kappa shape index (κ1) is 14.0. The van der Waals surface area contributed by atoms with Crippen LogP contribution in [0.1, 0.15) is 18.7 Å². The minimum Gasteiger partial charge on any atom is -0.495 e. The second-order valence-electron chi connectivity index (χ2n) is 4.60. The molecule has 1 saturated carbocycles. The van der Waals surface area contributed by atoms with Crippen molar-refractivity contribution in [2.75, 3.05) is 7.11 Å². The van der Waals surface area contributed by atoms with Gasteiger partial charge in [-0.1, -0.05) is 0 Å². The molecule has 1 heterocycles. The van der Waals surface area contributed by atoms with Crippen molar-refractivity contribution in [1.29, 1.82) is 0 Å². The topological polar surface area (TPSA) is 64.9 Å². The zero-order chi connectivity index (χ0) is 14.1. The Kier molecular flexibility index (Phi) is 4.04. The van der Waals surface area contributed by atoms with Gasteiger partial charge in [0.1, 0.15) is 5.75 Å². The van der Waals surface area contributed by atoms with Crippen LogP contribution in [-0.2, 0) is 6.54 Å². The second-order valence-corrected chi connectivity index (χ2v) is 6.31. The zero-order valence-electron chi connectivity index (χ0n) is 10.8. The summed E-state index contributed by atoms with van der Waals surface area (Å²) in [6, 6.07) is 4.43. The maximum Gasteiger partial charge on any atom is 0.170 e. The fourth-order valence-electron chi connectivity index (χ4n) is 1.86. The van der Waals surface area contributed by atoms with Gasteiger partial charge in [-0.25, -0.2) is 0 Å². The van der Waals surface area contributed by atoms with E-state index in [0.29, 0.717) is 12.6 Å². The molecular formula is C12H13Br2N5O. The van der Waals surface area contributed by atoms with Gasteiger partial charge in [0.25, 0.3) is 0 Å². The van der Waals surface area contributed by atoms with Crippen molar-refractivity contribution < 1.29 is 4.74 Å². The molecule has 1 aliphatic carbocycles. The summed E-state index contributed by atoms with van der Waals surface area (Å²) in [5.41, 5.74) is 0.850. The summed E-state index contributed by atoms with van der Waals surface area (Å²) < 4.78 is 8.81. The molecule has 106 valence electrons. The number of halogens is 2. The Morgan fingerprint density at radius 2 is 2.15 bits per heavy atom. The highest BCUT2D eigenvalue weighted by molar-refractivity contribution is 9.11. The molecule has 0 aliphatic heterocycles.